The van der Waals surface area contributed by atoms with E-state index >= 15 is 0 Å². The Hall–Kier alpha value is -5.99. The molecule has 0 atom stereocenters. The van der Waals surface area contributed by atoms with Crippen molar-refractivity contribution in [2.75, 3.05) is 0 Å². The Kier molecular flexibility index (Phi) is 4.78. The van der Waals surface area contributed by atoms with E-state index < -0.39 is 6.04 Å². The monoisotopic (exact) mass is 578 g/mol. The maximum absolute atomic E-state index is 8.96. The molecule has 0 fully saturated rings. The van der Waals surface area contributed by atoms with E-state index in [0.29, 0.717) is 5.56 Å². The zero-order valence-corrected chi connectivity index (χ0v) is 24.1. The van der Waals surface area contributed by atoms with E-state index in [9.17, 15) is 0 Å². The summed E-state index contributed by atoms with van der Waals surface area (Å²) < 4.78 is 49.4. The van der Waals surface area contributed by atoms with Gasteiger partial charge in [0.05, 0.1) is 6.85 Å². The summed E-state index contributed by atoms with van der Waals surface area (Å²) in [5.41, 5.74) is 8.45. The average molecular weight is 579 g/mol. The Labute approximate surface area is 267 Å². The van der Waals surface area contributed by atoms with Crippen molar-refractivity contribution in [3.63, 3.8) is 0 Å². The fourth-order valence-corrected chi connectivity index (χ4v) is 6.76. The van der Waals surface area contributed by atoms with Gasteiger partial charge in [-0.1, -0.05) is 127 Å². The fourth-order valence-electron chi connectivity index (χ4n) is 6.76. The van der Waals surface area contributed by atoms with Crippen molar-refractivity contribution < 1.29 is 11.3 Å². The van der Waals surface area contributed by atoms with Crippen molar-refractivity contribution in [1.82, 2.24) is 4.98 Å². The van der Waals surface area contributed by atoms with Crippen LogP contribution in [0.3, 0.4) is 0 Å². The van der Waals surface area contributed by atoms with E-state index in [1.54, 1.807) is 6.20 Å². The number of rotatable bonds is 4. The quantitative estimate of drug-likeness (QED) is 0.194. The molecule has 2 heterocycles. The topological polar surface area (TPSA) is 26.0 Å². The molecule has 9 aromatic rings. The number of aromatic nitrogens is 1. The van der Waals surface area contributed by atoms with Gasteiger partial charge in [-0.3, -0.25) is 4.98 Å². The van der Waals surface area contributed by atoms with Crippen LogP contribution in [0.2, 0.25) is 0 Å². The number of pyridine rings is 1. The Bertz CT molecular complexity index is 2740. The van der Waals surface area contributed by atoms with Crippen LogP contribution in [-0.4, -0.2) is 4.98 Å². The molecule has 0 aliphatic carbocycles. The Balaban J connectivity index is 1.45. The van der Waals surface area contributed by atoms with Crippen molar-refractivity contribution in [1.29, 1.82) is 0 Å². The molecule has 0 radical (unpaired) electrons. The Morgan fingerprint density at radius 1 is 0.444 bits per heavy atom. The van der Waals surface area contributed by atoms with Crippen LogP contribution in [0.25, 0.3) is 88.0 Å². The number of fused-ring (bicyclic) bond motifs is 5. The van der Waals surface area contributed by atoms with E-state index in [1.165, 1.54) is 0 Å². The normalized spacial score (nSPS) is 13.1. The molecular weight excluding hydrogens is 546 g/mol. The summed E-state index contributed by atoms with van der Waals surface area (Å²) >= 11 is 0. The van der Waals surface area contributed by atoms with E-state index in [2.05, 4.69) is 59.6 Å². The summed E-state index contributed by atoms with van der Waals surface area (Å²) in [7, 11) is 0. The lowest BCUT2D eigenvalue weighted by Crippen LogP contribution is -1.95. The molecule has 7 aromatic carbocycles. The van der Waals surface area contributed by atoms with Crippen LogP contribution in [0, 0.1) is 0 Å². The van der Waals surface area contributed by atoms with Crippen molar-refractivity contribution in [3.8, 4) is 44.5 Å². The molecule has 0 saturated heterocycles. The number of hydrogen-bond acceptors (Lipinski definition) is 2. The molecular formula is C43H27NO. The number of benzene rings is 7. The van der Waals surface area contributed by atoms with Crippen LogP contribution in [-0.2, 0) is 0 Å². The molecule has 0 aliphatic rings. The zero-order valence-electron chi connectivity index (χ0n) is 29.1. The van der Waals surface area contributed by atoms with Gasteiger partial charge in [-0.05, 0) is 84.8 Å². The highest BCUT2D eigenvalue weighted by Gasteiger charge is 2.22. The summed E-state index contributed by atoms with van der Waals surface area (Å²) in [4.78, 5) is 4.48. The number of nitrogens with zero attached hydrogens (tertiary/aromatic N) is 1. The van der Waals surface area contributed by atoms with E-state index in [1.807, 2.05) is 72.9 Å². The summed E-state index contributed by atoms with van der Waals surface area (Å²) in [6, 6.07) is 39.1. The third kappa shape index (κ3) is 4.07. The first-order chi connectivity index (χ1) is 24.4. The molecule has 0 unspecified atom stereocenters. The van der Waals surface area contributed by atoms with Gasteiger partial charge in [0.1, 0.15) is 11.2 Å². The molecule has 2 heteroatoms. The summed E-state index contributed by atoms with van der Waals surface area (Å²) in [5, 5.41) is 5.47. The number of hydrogen-bond donors (Lipinski definition) is 0. The van der Waals surface area contributed by atoms with Gasteiger partial charge in [0, 0.05) is 28.7 Å². The highest BCUT2D eigenvalue weighted by molar-refractivity contribution is 6.24. The first-order valence-electron chi connectivity index (χ1n) is 17.4. The van der Waals surface area contributed by atoms with Crippen LogP contribution >= 0.6 is 0 Å². The van der Waals surface area contributed by atoms with Gasteiger partial charge in [0.15, 0.2) is 0 Å². The first-order valence-corrected chi connectivity index (χ1v) is 14.9. The predicted molar refractivity (Wildman–Crippen MR) is 188 cm³/mol. The van der Waals surface area contributed by atoms with Crippen LogP contribution in [0.5, 0.6) is 0 Å². The Morgan fingerprint density at radius 3 is 1.76 bits per heavy atom. The molecule has 9 rings (SSSR count). The van der Waals surface area contributed by atoms with E-state index in [4.69, 9.17) is 11.3 Å². The van der Waals surface area contributed by atoms with Crippen molar-refractivity contribution in [2.24, 2.45) is 0 Å². The highest BCUT2D eigenvalue weighted by Crippen LogP contribution is 2.49. The molecule has 0 bridgehead atoms. The standard InChI is InChI=1S/C43H27NO/c1-2-12-28(13-3-1)41-34-16-4-6-18-36(34)43(37-19-7-5-17-35(37)41)42-31(20-10-21-32(42)30-14-11-25-44-27-30)29-23-24-40-38(26-29)33-15-8-9-22-39(33)45-40/h1-27H/i1D,2D,3D,12D,13D. The minimum Gasteiger partial charge on any atom is -0.456 e. The predicted octanol–water partition coefficient (Wildman–Crippen LogP) is 12.0. The second-order valence-corrected chi connectivity index (χ2v) is 11.1. The minimum absolute atomic E-state index is 0.188. The van der Waals surface area contributed by atoms with Gasteiger partial charge in [-0.25, -0.2) is 0 Å². The molecule has 0 aliphatic heterocycles. The molecule has 45 heavy (non-hydrogen) atoms. The van der Waals surface area contributed by atoms with E-state index in [0.717, 1.165) is 76.9 Å². The molecule has 0 spiro atoms. The highest BCUT2D eigenvalue weighted by atomic mass is 16.3. The van der Waals surface area contributed by atoms with Crippen molar-refractivity contribution >= 4 is 43.5 Å². The first kappa shape index (κ1) is 20.8. The second kappa shape index (κ2) is 10.3. The molecule has 2 aromatic heterocycles. The smallest absolute Gasteiger partial charge is 0.135 e. The minimum atomic E-state index is -0.411. The van der Waals surface area contributed by atoms with Gasteiger partial charge >= 0.3 is 0 Å². The molecule has 2 nitrogen and oxygen atoms in total. The number of para-hydroxylation sites is 1. The summed E-state index contributed by atoms with van der Waals surface area (Å²) in [5.74, 6) is 0. The SMILES string of the molecule is [2H]c1c([2H])c([2H])c(-c2c3ccccc3c(-c3c(-c4cccnc4)cccc3-c3ccc4oc5ccccc5c4c3)c3ccccc23)c([2H])c1[2H]. The molecule has 0 saturated carbocycles. The zero-order chi connectivity index (χ0) is 34.1. The lowest BCUT2D eigenvalue weighted by atomic mass is 9.81. The lowest BCUT2D eigenvalue weighted by molar-refractivity contribution is 0.669. The third-order valence-electron chi connectivity index (χ3n) is 8.66. The van der Waals surface area contributed by atoms with Crippen molar-refractivity contribution in [3.05, 3.63) is 164 Å². The largest absolute Gasteiger partial charge is 0.456 e. The second-order valence-electron chi connectivity index (χ2n) is 11.1. The summed E-state index contributed by atoms with van der Waals surface area (Å²) in [6.07, 6.45) is 3.64. The molecule has 0 N–H and O–H groups in total. The van der Waals surface area contributed by atoms with Crippen molar-refractivity contribution in [2.45, 2.75) is 0 Å². The van der Waals surface area contributed by atoms with Crippen LogP contribution in [0.15, 0.2) is 168 Å². The van der Waals surface area contributed by atoms with Crippen LogP contribution < -0.4 is 0 Å². The fraction of sp³-hybridized carbons (Fsp3) is 0. The third-order valence-corrected chi connectivity index (χ3v) is 8.66. The average Bonchev–Trinajstić information content (AvgIpc) is 3.54. The van der Waals surface area contributed by atoms with Gasteiger partial charge < -0.3 is 4.42 Å². The Morgan fingerprint density at radius 2 is 1.07 bits per heavy atom. The summed E-state index contributed by atoms with van der Waals surface area (Å²) in [6.45, 7) is 0. The van der Waals surface area contributed by atoms with Gasteiger partial charge in [-0.2, -0.15) is 0 Å². The number of furan rings is 1. The maximum Gasteiger partial charge on any atom is 0.135 e. The van der Waals surface area contributed by atoms with Crippen LogP contribution in [0.1, 0.15) is 6.85 Å². The maximum atomic E-state index is 8.96. The van der Waals surface area contributed by atoms with Gasteiger partial charge in [-0.15, -0.1) is 0 Å². The van der Waals surface area contributed by atoms with Crippen LogP contribution in [0.4, 0.5) is 0 Å². The van der Waals surface area contributed by atoms with E-state index in [-0.39, 0.29) is 29.7 Å². The molecule has 0 amide bonds. The molecule has 210 valence electrons. The van der Waals surface area contributed by atoms with Gasteiger partial charge in [0.2, 0.25) is 0 Å². The lowest BCUT2D eigenvalue weighted by Gasteiger charge is -2.22. The van der Waals surface area contributed by atoms with Gasteiger partial charge in [0.25, 0.3) is 0 Å².